The average Bonchev–Trinajstić information content (AvgIpc) is 2.18. The van der Waals surface area contributed by atoms with Crippen LogP contribution in [0.4, 0.5) is 4.39 Å². The van der Waals surface area contributed by atoms with Gasteiger partial charge in [0.05, 0.1) is 0 Å². The second kappa shape index (κ2) is 5.27. The average molecular weight is 258 g/mol. The molecule has 1 aromatic carbocycles. The zero-order chi connectivity index (χ0) is 10.6. The molecule has 0 aliphatic carbocycles. The molecule has 0 fully saturated rings. The predicted molar refractivity (Wildman–Crippen MR) is 60.5 cm³/mol. The van der Waals surface area contributed by atoms with E-state index < -0.39 is 0 Å². The van der Waals surface area contributed by atoms with E-state index in [1.165, 1.54) is 12.1 Å². The molecular formula is C11H13BrFN. The maximum absolute atomic E-state index is 12.9. The molecule has 76 valence electrons. The highest BCUT2D eigenvalue weighted by Gasteiger charge is 2.09. The van der Waals surface area contributed by atoms with Crippen molar-refractivity contribution in [3.8, 4) is 0 Å². The lowest BCUT2D eigenvalue weighted by molar-refractivity contribution is 0.610. The molecular weight excluding hydrogens is 245 g/mol. The van der Waals surface area contributed by atoms with Crippen molar-refractivity contribution in [2.45, 2.75) is 18.9 Å². The van der Waals surface area contributed by atoms with Crippen molar-refractivity contribution in [3.63, 3.8) is 0 Å². The molecule has 0 spiro atoms. The van der Waals surface area contributed by atoms with Crippen molar-refractivity contribution in [2.75, 3.05) is 0 Å². The van der Waals surface area contributed by atoms with Gasteiger partial charge in [-0.15, -0.1) is 6.58 Å². The van der Waals surface area contributed by atoms with E-state index in [2.05, 4.69) is 22.5 Å². The van der Waals surface area contributed by atoms with Crippen LogP contribution < -0.4 is 5.73 Å². The van der Waals surface area contributed by atoms with Crippen LogP contribution in [-0.2, 0) is 0 Å². The quantitative estimate of drug-likeness (QED) is 0.821. The summed E-state index contributed by atoms with van der Waals surface area (Å²) in [6.45, 7) is 3.62. The maximum Gasteiger partial charge on any atom is 0.123 e. The second-order valence-corrected chi connectivity index (χ2v) is 3.99. The lowest BCUT2D eigenvalue weighted by Crippen LogP contribution is -2.10. The first-order chi connectivity index (χ1) is 6.65. The number of rotatable bonds is 4. The summed E-state index contributed by atoms with van der Waals surface area (Å²) in [7, 11) is 0. The van der Waals surface area contributed by atoms with Gasteiger partial charge in [-0.3, -0.25) is 0 Å². The first-order valence-corrected chi connectivity index (χ1v) is 5.26. The molecule has 1 nitrogen and oxygen atoms in total. The smallest absolute Gasteiger partial charge is 0.123 e. The van der Waals surface area contributed by atoms with Crippen LogP contribution in [0.2, 0.25) is 0 Å². The van der Waals surface area contributed by atoms with E-state index in [0.717, 1.165) is 22.9 Å². The third-order valence-corrected chi connectivity index (χ3v) is 2.76. The number of allylic oxidation sites excluding steroid dienone is 1. The molecule has 1 unspecified atom stereocenters. The van der Waals surface area contributed by atoms with Crippen molar-refractivity contribution < 1.29 is 4.39 Å². The Kier molecular flexibility index (Phi) is 4.29. The summed E-state index contributed by atoms with van der Waals surface area (Å²) >= 11 is 3.35. The van der Waals surface area contributed by atoms with E-state index in [4.69, 9.17) is 5.73 Å². The lowest BCUT2D eigenvalue weighted by Gasteiger charge is -2.12. The van der Waals surface area contributed by atoms with E-state index in [1.54, 1.807) is 6.07 Å². The molecule has 0 radical (unpaired) electrons. The summed E-state index contributed by atoms with van der Waals surface area (Å²) in [5, 5.41) is 0. The third kappa shape index (κ3) is 2.93. The van der Waals surface area contributed by atoms with E-state index in [9.17, 15) is 4.39 Å². The topological polar surface area (TPSA) is 26.0 Å². The van der Waals surface area contributed by atoms with Crippen LogP contribution in [0.3, 0.4) is 0 Å². The van der Waals surface area contributed by atoms with Gasteiger partial charge in [0.15, 0.2) is 0 Å². The minimum Gasteiger partial charge on any atom is -0.324 e. The molecule has 1 rings (SSSR count). The maximum atomic E-state index is 12.9. The third-order valence-electron chi connectivity index (χ3n) is 2.04. The molecule has 0 heterocycles. The fraction of sp³-hybridized carbons (Fsp3) is 0.273. The number of hydrogen-bond donors (Lipinski definition) is 1. The van der Waals surface area contributed by atoms with Gasteiger partial charge in [0.1, 0.15) is 5.82 Å². The standard InChI is InChI=1S/C11H13BrFN/c1-2-3-4-11(14)9-7-8(13)5-6-10(9)12/h2,5-7,11H,1,3-4,14H2. The molecule has 2 N–H and O–H groups in total. The fourth-order valence-corrected chi connectivity index (χ4v) is 1.79. The number of hydrogen-bond acceptors (Lipinski definition) is 1. The second-order valence-electron chi connectivity index (χ2n) is 3.14. The van der Waals surface area contributed by atoms with Crippen LogP contribution in [0.15, 0.2) is 35.3 Å². The van der Waals surface area contributed by atoms with E-state index in [-0.39, 0.29) is 11.9 Å². The summed E-state index contributed by atoms with van der Waals surface area (Å²) in [6.07, 6.45) is 3.43. The summed E-state index contributed by atoms with van der Waals surface area (Å²) in [4.78, 5) is 0. The van der Waals surface area contributed by atoms with E-state index in [1.807, 2.05) is 6.08 Å². The highest BCUT2D eigenvalue weighted by molar-refractivity contribution is 9.10. The molecule has 1 aromatic rings. The molecule has 0 saturated heterocycles. The first kappa shape index (κ1) is 11.4. The monoisotopic (exact) mass is 257 g/mol. The number of halogens is 2. The fourth-order valence-electron chi connectivity index (χ4n) is 1.25. The Morgan fingerprint density at radius 2 is 2.29 bits per heavy atom. The van der Waals surface area contributed by atoms with E-state index >= 15 is 0 Å². The van der Waals surface area contributed by atoms with Crippen molar-refractivity contribution in [2.24, 2.45) is 5.73 Å². The van der Waals surface area contributed by atoms with Crippen LogP contribution in [0.25, 0.3) is 0 Å². The van der Waals surface area contributed by atoms with Crippen LogP contribution in [-0.4, -0.2) is 0 Å². The van der Waals surface area contributed by atoms with Crippen molar-refractivity contribution >= 4 is 15.9 Å². The van der Waals surface area contributed by atoms with Crippen molar-refractivity contribution in [1.82, 2.24) is 0 Å². The number of benzene rings is 1. The Balaban J connectivity index is 2.82. The van der Waals surface area contributed by atoms with Gasteiger partial charge in [0, 0.05) is 10.5 Å². The molecule has 3 heteroatoms. The van der Waals surface area contributed by atoms with Gasteiger partial charge >= 0.3 is 0 Å². The molecule has 0 aliphatic heterocycles. The molecule has 0 bridgehead atoms. The highest BCUT2D eigenvalue weighted by Crippen LogP contribution is 2.25. The van der Waals surface area contributed by atoms with Crippen molar-refractivity contribution in [3.05, 3.63) is 46.7 Å². The van der Waals surface area contributed by atoms with Gasteiger partial charge in [0.25, 0.3) is 0 Å². The summed E-state index contributed by atoms with van der Waals surface area (Å²) in [5.74, 6) is -0.253. The van der Waals surface area contributed by atoms with Crippen LogP contribution >= 0.6 is 15.9 Å². The minimum absolute atomic E-state index is 0.141. The Bertz CT molecular complexity index is 325. The molecule has 0 amide bonds. The zero-order valence-corrected chi connectivity index (χ0v) is 9.43. The molecule has 0 saturated carbocycles. The Hall–Kier alpha value is -0.670. The number of nitrogens with two attached hydrogens (primary N) is 1. The van der Waals surface area contributed by atoms with Gasteiger partial charge in [-0.1, -0.05) is 22.0 Å². The largest absolute Gasteiger partial charge is 0.324 e. The van der Waals surface area contributed by atoms with Gasteiger partial charge in [0.2, 0.25) is 0 Å². The molecule has 14 heavy (non-hydrogen) atoms. The molecule has 0 aliphatic rings. The first-order valence-electron chi connectivity index (χ1n) is 4.46. The Labute approximate surface area is 91.9 Å². The summed E-state index contributed by atoms with van der Waals surface area (Å²) in [6, 6.07) is 4.42. The van der Waals surface area contributed by atoms with Gasteiger partial charge in [-0.2, -0.15) is 0 Å². The Morgan fingerprint density at radius 3 is 2.93 bits per heavy atom. The van der Waals surface area contributed by atoms with Crippen LogP contribution in [0.1, 0.15) is 24.4 Å². The Morgan fingerprint density at radius 1 is 1.57 bits per heavy atom. The van der Waals surface area contributed by atoms with E-state index in [0.29, 0.717) is 0 Å². The predicted octanol–water partition coefficient (Wildman–Crippen LogP) is 3.55. The van der Waals surface area contributed by atoms with Gasteiger partial charge in [-0.05, 0) is 36.6 Å². The summed E-state index contributed by atoms with van der Waals surface area (Å²) < 4.78 is 13.8. The normalized spacial score (nSPS) is 12.5. The highest BCUT2D eigenvalue weighted by atomic mass is 79.9. The van der Waals surface area contributed by atoms with Crippen molar-refractivity contribution in [1.29, 1.82) is 0 Å². The minimum atomic E-state index is -0.253. The summed E-state index contributed by atoms with van der Waals surface area (Å²) in [5.41, 5.74) is 6.72. The molecule has 0 aromatic heterocycles. The SMILES string of the molecule is C=CCCC(N)c1cc(F)ccc1Br. The van der Waals surface area contributed by atoms with Crippen LogP contribution in [0.5, 0.6) is 0 Å². The molecule has 1 atom stereocenters. The van der Waals surface area contributed by atoms with Crippen LogP contribution in [0, 0.1) is 5.82 Å². The zero-order valence-electron chi connectivity index (χ0n) is 7.84. The lowest BCUT2D eigenvalue weighted by atomic mass is 10.0. The van der Waals surface area contributed by atoms with Gasteiger partial charge < -0.3 is 5.73 Å². The van der Waals surface area contributed by atoms with Gasteiger partial charge in [-0.25, -0.2) is 4.39 Å².